The molecule has 0 spiro atoms. The predicted octanol–water partition coefficient (Wildman–Crippen LogP) is 1.16. The molecule has 0 unspecified atom stereocenters. The Balaban J connectivity index is 1.94. The molecule has 0 aromatic heterocycles. The molecule has 2 saturated carbocycles. The summed E-state index contributed by atoms with van der Waals surface area (Å²) in [7, 11) is 0. The Morgan fingerprint density at radius 3 is 2.36 bits per heavy atom. The molecule has 0 atom stereocenters. The molecule has 0 radical (unpaired) electrons. The molecule has 3 nitrogen and oxygen atoms in total. The molecule has 2 aliphatic rings. The quantitative estimate of drug-likeness (QED) is 0.734. The second-order valence-corrected chi connectivity index (χ2v) is 4.47. The third-order valence-electron chi connectivity index (χ3n) is 3.32. The van der Waals surface area contributed by atoms with E-state index in [0.717, 1.165) is 25.7 Å². The van der Waals surface area contributed by atoms with Crippen LogP contribution in [0.2, 0.25) is 0 Å². The van der Waals surface area contributed by atoms with Gasteiger partial charge in [0.05, 0.1) is 6.61 Å². The second-order valence-electron chi connectivity index (χ2n) is 4.47. The fourth-order valence-corrected chi connectivity index (χ4v) is 2.36. The van der Waals surface area contributed by atoms with Gasteiger partial charge in [0.15, 0.2) is 0 Å². The summed E-state index contributed by atoms with van der Waals surface area (Å²) in [5.41, 5.74) is 0. The van der Waals surface area contributed by atoms with Gasteiger partial charge in [0, 0.05) is 18.5 Å². The van der Waals surface area contributed by atoms with Crippen molar-refractivity contribution < 1.29 is 9.90 Å². The first-order valence-corrected chi connectivity index (χ1v) is 5.74. The highest BCUT2D eigenvalue weighted by molar-refractivity contribution is 5.81. The van der Waals surface area contributed by atoms with Crippen LogP contribution >= 0.6 is 0 Å². The molecule has 0 heterocycles. The maximum Gasteiger partial charge on any atom is 0.226 e. The standard InChI is InChI=1S/C11H19NO2/c13-8-7-12(10-3-1-2-4-10)11(14)9-5-6-9/h9-10,13H,1-8H2. The number of carbonyl (C=O) groups excluding carboxylic acids is 1. The van der Waals surface area contributed by atoms with E-state index < -0.39 is 0 Å². The Morgan fingerprint density at radius 2 is 1.86 bits per heavy atom. The zero-order chi connectivity index (χ0) is 9.97. The van der Waals surface area contributed by atoms with Crippen LogP contribution in [0.5, 0.6) is 0 Å². The number of aliphatic hydroxyl groups is 1. The number of aliphatic hydroxyl groups excluding tert-OH is 1. The van der Waals surface area contributed by atoms with Gasteiger partial charge in [-0.2, -0.15) is 0 Å². The normalized spacial score (nSPS) is 22.6. The highest BCUT2D eigenvalue weighted by Gasteiger charge is 2.36. The minimum absolute atomic E-state index is 0.106. The number of amides is 1. The fourth-order valence-electron chi connectivity index (χ4n) is 2.36. The average Bonchev–Trinajstić information content (AvgIpc) is 2.91. The first kappa shape index (κ1) is 9.97. The van der Waals surface area contributed by atoms with Gasteiger partial charge in [0.2, 0.25) is 5.91 Å². The van der Waals surface area contributed by atoms with Crippen LogP contribution in [0.25, 0.3) is 0 Å². The molecule has 2 rings (SSSR count). The topological polar surface area (TPSA) is 40.5 Å². The first-order chi connectivity index (χ1) is 6.83. The molecule has 0 aliphatic heterocycles. The van der Waals surface area contributed by atoms with Gasteiger partial charge in [0.1, 0.15) is 0 Å². The zero-order valence-electron chi connectivity index (χ0n) is 8.61. The van der Waals surface area contributed by atoms with Crippen molar-refractivity contribution in [2.45, 2.75) is 44.6 Å². The minimum Gasteiger partial charge on any atom is -0.395 e. The number of rotatable bonds is 4. The van der Waals surface area contributed by atoms with Crippen LogP contribution in [0.4, 0.5) is 0 Å². The summed E-state index contributed by atoms with van der Waals surface area (Å²) in [6.45, 7) is 0.648. The Morgan fingerprint density at radius 1 is 1.21 bits per heavy atom. The molecule has 0 aromatic carbocycles. The average molecular weight is 197 g/mol. The van der Waals surface area contributed by atoms with Crippen LogP contribution in [0.15, 0.2) is 0 Å². The van der Waals surface area contributed by atoms with Crippen LogP contribution in [-0.2, 0) is 4.79 Å². The fraction of sp³-hybridized carbons (Fsp3) is 0.909. The molecule has 3 heteroatoms. The molecule has 2 fully saturated rings. The molecule has 80 valence electrons. The van der Waals surface area contributed by atoms with Crippen LogP contribution in [0.3, 0.4) is 0 Å². The lowest BCUT2D eigenvalue weighted by Gasteiger charge is -2.28. The summed E-state index contributed by atoms with van der Waals surface area (Å²) < 4.78 is 0. The van der Waals surface area contributed by atoms with Gasteiger partial charge in [-0.25, -0.2) is 0 Å². The van der Waals surface area contributed by atoms with Gasteiger partial charge >= 0.3 is 0 Å². The van der Waals surface area contributed by atoms with E-state index in [1.54, 1.807) is 0 Å². The summed E-state index contributed by atoms with van der Waals surface area (Å²) in [6.07, 6.45) is 6.88. The largest absolute Gasteiger partial charge is 0.395 e. The number of hydrogen-bond donors (Lipinski definition) is 1. The maximum atomic E-state index is 11.9. The van der Waals surface area contributed by atoms with Crippen molar-refractivity contribution in [2.75, 3.05) is 13.2 Å². The highest BCUT2D eigenvalue weighted by atomic mass is 16.3. The van der Waals surface area contributed by atoms with Crippen molar-refractivity contribution in [1.82, 2.24) is 4.90 Å². The van der Waals surface area contributed by atoms with Crippen LogP contribution < -0.4 is 0 Å². The number of hydrogen-bond acceptors (Lipinski definition) is 2. The zero-order valence-corrected chi connectivity index (χ0v) is 8.61. The Kier molecular flexibility index (Phi) is 3.06. The van der Waals surface area contributed by atoms with Gasteiger partial charge in [-0.15, -0.1) is 0 Å². The molecule has 14 heavy (non-hydrogen) atoms. The third-order valence-corrected chi connectivity index (χ3v) is 3.32. The van der Waals surface area contributed by atoms with Gasteiger partial charge in [-0.05, 0) is 25.7 Å². The molecule has 0 aromatic rings. The maximum absolute atomic E-state index is 11.9. The summed E-state index contributed by atoms with van der Waals surface area (Å²) in [5.74, 6) is 0.591. The van der Waals surface area contributed by atoms with Gasteiger partial charge in [-0.1, -0.05) is 12.8 Å². The summed E-state index contributed by atoms with van der Waals surface area (Å²) in [6, 6.07) is 0.426. The lowest BCUT2D eigenvalue weighted by atomic mass is 10.2. The molecular formula is C11H19NO2. The van der Waals surface area contributed by atoms with Crippen molar-refractivity contribution in [2.24, 2.45) is 5.92 Å². The number of carbonyl (C=O) groups is 1. The summed E-state index contributed by atoms with van der Waals surface area (Å²) in [5, 5.41) is 8.95. The smallest absolute Gasteiger partial charge is 0.226 e. The van der Waals surface area contributed by atoms with E-state index in [0.29, 0.717) is 24.4 Å². The van der Waals surface area contributed by atoms with Crippen LogP contribution in [0.1, 0.15) is 38.5 Å². The van der Waals surface area contributed by atoms with Crippen LogP contribution in [0, 0.1) is 5.92 Å². The molecular weight excluding hydrogens is 178 g/mol. The predicted molar refractivity (Wildman–Crippen MR) is 53.8 cm³/mol. The van der Waals surface area contributed by atoms with Crippen molar-refractivity contribution in [3.05, 3.63) is 0 Å². The van der Waals surface area contributed by atoms with Gasteiger partial charge in [0.25, 0.3) is 0 Å². The molecule has 0 bridgehead atoms. The Bertz CT molecular complexity index is 207. The SMILES string of the molecule is O=C(C1CC1)N(CCO)C1CCCC1. The van der Waals surface area contributed by atoms with Crippen molar-refractivity contribution in [3.63, 3.8) is 0 Å². The van der Waals surface area contributed by atoms with E-state index in [1.807, 2.05) is 4.90 Å². The van der Waals surface area contributed by atoms with E-state index >= 15 is 0 Å². The highest BCUT2D eigenvalue weighted by Crippen LogP contribution is 2.33. The first-order valence-electron chi connectivity index (χ1n) is 5.74. The van der Waals surface area contributed by atoms with E-state index in [4.69, 9.17) is 5.11 Å². The molecule has 2 aliphatic carbocycles. The summed E-state index contributed by atoms with van der Waals surface area (Å²) in [4.78, 5) is 13.8. The summed E-state index contributed by atoms with van der Waals surface area (Å²) >= 11 is 0. The van der Waals surface area contributed by atoms with Crippen molar-refractivity contribution in [1.29, 1.82) is 0 Å². The van der Waals surface area contributed by atoms with Crippen molar-refractivity contribution >= 4 is 5.91 Å². The minimum atomic E-state index is 0.106. The molecule has 1 N–H and O–H groups in total. The van der Waals surface area contributed by atoms with E-state index in [9.17, 15) is 4.79 Å². The Hall–Kier alpha value is -0.570. The number of nitrogens with zero attached hydrogens (tertiary/aromatic N) is 1. The van der Waals surface area contributed by atoms with E-state index in [2.05, 4.69) is 0 Å². The van der Waals surface area contributed by atoms with Gasteiger partial charge in [-0.3, -0.25) is 4.79 Å². The van der Waals surface area contributed by atoms with Crippen molar-refractivity contribution in [3.8, 4) is 0 Å². The lowest BCUT2D eigenvalue weighted by Crippen LogP contribution is -2.41. The molecule has 0 saturated heterocycles. The monoisotopic (exact) mass is 197 g/mol. The van der Waals surface area contributed by atoms with E-state index in [-0.39, 0.29) is 6.61 Å². The third kappa shape index (κ3) is 2.08. The van der Waals surface area contributed by atoms with Crippen LogP contribution in [-0.4, -0.2) is 35.1 Å². The molecule has 1 amide bonds. The lowest BCUT2D eigenvalue weighted by molar-refractivity contribution is -0.135. The van der Waals surface area contributed by atoms with Gasteiger partial charge < -0.3 is 10.0 Å². The van der Waals surface area contributed by atoms with E-state index in [1.165, 1.54) is 12.8 Å². The Labute approximate surface area is 85.1 Å². The second kappa shape index (κ2) is 4.30.